The van der Waals surface area contributed by atoms with E-state index in [0.29, 0.717) is 12.2 Å². The molecule has 0 spiro atoms. The van der Waals surface area contributed by atoms with Crippen molar-refractivity contribution >= 4 is 52.2 Å². The van der Waals surface area contributed by atoms with Crippen LogP contribution >= 0.6 is 12.3 Å². The van der Waals surface area contributed by atoms with Crippen LogP contribution < -0.4 is 21.1 Å². The van der Waals surface area contributed by atoms with Gasteiger partial charge in [0, 0.05) is 57.0 Å². The highest BCUT2D eigenvalue weighted by atomic mass is 32.2. The van der Waals surface area contributed by atoms with Gasteiger partial charge in [-0.2, -0.15) is 9.19 Å². The highest BCUT2D eigenvalue weighted by Gasteiger charge is 2.31. The lowest BCUT2D eigenvalue weighted by atomic mass is 9.99. The average Bonchev–Trinajstić information content (AvgIpc) is 3.56. The van der Waals surface area contributed by atoms with E-state index in [1.807, 2.05) is 38.5 Å². The number of hydrogen-bond acceptors (Lipinski definition) is 7. The second-order valence-corrected chi connectivity index (χ2v) is 9.53. The molecule has 0 unspecified atom stereocenters. The number of anilines is 4. The molecule has 1 fully saturated rings. The molecule has 0 radical (unpaired) electrons. The Morgan fingerprint density at radius 3 is 2.74 bits per heavy atom. The molecule has 3 aromatic heterocycles. The van der Waals surface area contributed by atoms with Gasteiger partial charge in [0.1, 0.15) is 11.2 Å². The molecule has 6 rings (SSSR count). The normalized spacial score (nSPS) is 14.7. The van der Waals surface area contributed by atoms with Gasteiger partial charge in [-0.1, -0.05) is 12.1 Å². The minimum atomic E-state index is -0.398. The minimum Gasteiger partial charge on any atom is -0.368 e. The van der Waals surface area contributed by atoms with E-state index in [1.165, 1.54) is 7.05 Å². The number of rotatable bonds is 5. The highest BCUT2D eigenvalue weighted by Crippen LogP contribution is 2.43. The molecule has 2 N–H and O–H groups in total. The summed E-state index contributed by atoms with van der Waals surface area (Å²) in [4.78, 5) is 32.0. The van der Waals surface area contributed by atoms with E-state index < -0.39 is 5.56 Å². The third kappa shape index (κ3) is 3.47. The van der Waals surface area contributed by atoms with E-state index in [1.54, 1.807) is 10.7 Å². The van der Waals surface area contributed by atoms with Gasteiger partial charge in [0.2, 0.25) is 5.91 Å². The van der Waals surface area contributed by atoms with Crippen LogP contribution in [0.2, 0.25) is 0 Å². The highest BCUT2D eigenvalue weighted by molar-refractivity contribution is 7.92. The fourth-order valence-corrected chi connectivity index (χ4v) is 5.05. The summed E-state index contributed by atoms with van der Waals surface area (Å²) in [5.74, 6) is 0.107. The van der Waals surface area contributed by atoms with Crippen molar-refractivity contribution in [3.8, 4) is 11.3 Å². The first-order valence-electron chi connectivity index (χ1n) is 11.2. The molecule has 1 aromatic carbocycles. The lowest BCUT2D eigenvalue weighted by Crippen LogP contribution is -2.22. The second-order valence-electron chi connectivity index (χ2n) is 9.05. The Hall–Kier alpha value is -3.80. The predicted molar refractivity (Wildman–Crippen MR) is 134 cm³/mol. The smallest absolute Gasteiger partial charge is 0.279 e. The van der Waals surface area contributed by atoms with Gasteiger partial charge in [0.25, 0.3) is 5.56 Å². The van der Waals surface area contributed by atoms with E-state index >= 15 is 0 Å². The summed E-state index contributed by atoms with van der Waals surface area (Å²) in [6, 6.07) is 7.49. The van der Waals surface area contributed by atoms with Gasteiger partial charge in [0.05, 0.1) is 22.8 Å². The number of carbonyl (C=O) groups is 1. The van der Waals surface area contributed by atoms with Crippen molar-refractivity contribution in [3.63, 3.8) is 0 Å². The van der Waals surface area contributed by atoms with Crippen LogP contribution in [0.4, 0.5) is 26.8 Å². The number of benzene rings is 1. The molecule has 0 bridgehead atoms. The van der Waals surface area contributed by atoms with Gasteiger partial charge in [-0.3, -0.25) is 14.3 Å². The number of nitrogens with one attached hydrogen (secondary N) is 2. The summed E-state index contributed by atoms with van der Waals surface area (Å²) < 4.78 is 17.8. The number of fused-ring (bicyclic) bond motifs is 4. The van der Waals surface area contributed by atoms with Crippen molar-refractivity contribution in [1.82, 2.24) is 23.5 Å². The first kappa shape index (κ1) is 21.7. The van der Waals surface area contributed by atoms with Crippen LogP contribution in [0, 0.1) is 5.92 Å². The molecular weight excluding hydrogens is 471 g/mol. The first-order chi connectivity index (χ1) is 16.9. The SMILES string of the molecule is CN1Cc2cn(C)nc2-c2cccc(Nc3cc(NC(=O)C4CC4)nc4c3c(=O)n(C)n4SF)c21. The fourth-order valence-electron chi connectivity index (χ4n) is 4.69. The molecule has 4 heterocycles. The van der Waals surface area contributed by atoms with Gasteiger partial charge in [-0.05, 0) is 18.9 Å². The van der Waals surface area contributed by atoms with Crippen LogP contribution in [0.25, 0.3) is 22.3 Å². The lowest BCUT2D eigenvalue weighted by Gasteiger charge is -2.29. The van der Waals surface area contributed by atoms with Crippen LogP contribution in [0.15, 0.2) is 35.3 Å². The maximum Gasteiger partial charge on any atom is 0.279 e. The molecular formula is C23H23FN8O2S. The number of amides is 1. The quantitative estimate of drug-likeness (QED) is 0.437. The monoisotopic (exact) mass is 494 g/mol. The van der Waals surface area contributed by atoms with E-state index in [0.717, 1.165) is 49.8 Å². The maximum absolute atomic E-state index is 13.8. The van der Waals surface area contributed by atoms with Crippen molar-refractivity contribution in [2.75, 3.05) is 22.6 Å². The third-order valence-electron chi connectivity index (χ3n) is 6.48. The summed E-state index contributed by atoms with van der Waals surface area (Å²) in [5, 5.41) is 11.1. The van der Waals surface area contributed by atoms with Crippen molar-refractivity contribution in [1.29, 1.82) is 0 Å². The number of para-hydroxylation sites is 1. The van der Waals surface area contributed by atoms with Crippen LogP contribution in [-0.2, 0) is 25.4 Å². The summed E-state index contributed by atoms with van der Waals surface area (Å²) in [5.41, 5.74) is 4.87. The number of nitrogens with zero attached hydrogens (tertiary/aromatic N) is 6. The number of aromatic nitrogens is 5. The predicted octanol–water partition coefficient (Wildman–Crippen LogP) is 3.56. The average molecular weight is 495 g/mol. The first-order valence-corrected chi connectivity index (χ1v) is 11.9. The molecule has 1 aliphatic carbocycles. The van der Waals surface area contributed by atoms with Crippen LogP contribution in [0.5, 0.6) is 0 Å². The molecule has 1 aliphatic heterocycles. The Morgan fingerprint density at radius 2 is 2.00 bits per heavy atom. The zero-order valence-electron chi connectivity index (χ0n) is 19.4. The van der Waals surface area contributed by atoms with Crippen molar-refractivity contribution in [2.24, 2.45) is 20.0 Å². The van der Waals surface area contributed by atoms with E-state index in [9.17, 15) is 13.5 Å². The van der Waals surface area contributed by atoms with Crippen molar-refractivity contribution in [2.45, 2.75) is 19.4 Å². The van der Waals surface area contributed by atoms with Crippen LogP contribution in [0.3, 0.4) is 0 Å². The Kier molecular flexibility index (Phi) is 4.88. The zero-order chi connectivity index (χ0) is 24.4. The number of aryl methyl sites for hydroxylation is 1. The van der Waals surface area contributed by atoms with Gasteiger partial charge in [0.15, 0.2) is 18.0 Å². The standard InChI is InChI=1S/C23H23FN8O2S/c1-29-10-13-11-30(2)28-19(13)14-5-4-6-15(20(14)29)25-16-9-17(27-22(33)12-7-8-12)26-21-18(16)23(34)31(3)32(21)35-24/h4-6,9,11-12H,7-8,10H2,1-3H3,(H2,25,26,27,33). The second kappa shape index (κ2) is 7.87. The molecule has 10 nitrogen and oxygen atoms in total. The molecule has 4 aromatic rings. The van der Waals surface area contributed by atoms with Crippen molar-refractivity contribution < 1.29 is 8.68 Å². The van der Waals surface area contributed by atoms with Crippen molar-refractivity contribution in [3.05, 3.63) is 46.4 Å². The van der Waals surface area contributed by atoms with Gasteiger partial charge in [-0.15, -0.1) is 3.89 Å². The van der Waals surface area contributed by atoms with Crippen LogP contribution in [0.1, 0.15) is 18.4 Å². The lowest BCUT2D eigenvalue weighted by molar-refractivity contribution is -0.117. The maximum atomic E-state index is 13.8. The van der Waals surface area contributed by atoms with Gasteiger partial charge >= 0.3 is 0 Å². The summed E-state index contributed by atoms with van der Waals surface area (Å²) in [7, 11) is 5.37. The number of carbonyl (C=O) groups excluding carboxylic acids is 1. The Bertz CT molecular complexity index is 1570. The Labute approximate surface area is 204 Å². The van der Waals surface area contributed by atoms with Crippen LogP contribution in [-0.4, -0.2) is 36.5 Å². The van der Waals surface area contributed by atoms with E-state index in [4.69, 9.17) is 0 Å². The minimum absolute atomic E-state index is 0.0280. The number of pyridine rings is 1. The van der Waals surface area contributed by atoms with E-state index in [-0.39, 0.29) is 41.0 Å². The topological polar surface area (TPSA) is 102 Å². The number of hydrogen-bond donors (Lipinski definition) is 2. The Balaban J connectivity index is 1.51. The molecule has 0 atom stereocenters. The molecule has 2 aliphatic rings. The summed E-state index contributed by atoms with van der Waals surface area (Å²) in [6.45, 7) is 0.681. The van der Waals surface area contributed by atoms with Gasteiger partial charge in [-0.25, -0.2) is 9.67 Å². The summed E-state index contributed by atoms with van der Waals surface area (Å²) >= 11 is -0.117. The fraction of sp³-hybridized carbons (Fsp3) is 0.304. The molecule has 180 valence electrons. The third-order valence-corrected chi connectivity index (χ3v) is 7.03. The molecule has 1 amide bonds. The molecule has 12 heteroatoms. The zero-order valence-corrected chi connectivity index (χ0v) is 20.2. The largest absolute Gasteiger partial charge is 0.368 e. The van der Waals surface area contributed by atoms with Gasteiger partial charge < -0.3 is 15.5 Å². The number of halogens is 1. The molecule has 0 saturated heterocycles. The Morgan fingerprint density at radius 1 is 1.20 bits per heavy atom. The summed E-state index contributed by atoms with van der Waals surface area (Å²) in [6.07, 6.45) is 3.69. The molecule has 1 saturated carbocycles. The van der Waals surface area contributed by atoms with E-state index in [2.05, 4.69) is 25.6 Å². The molecule has 35 heavy (non-hydrogen) atoms.